The number of hydrogen-bond acceptors (Lipinski definition) is 4. The minimum atomic E-state index is -0.787. The topological polar surface area (TPSA) is 83.6 Å². The molecule has 1 aliphatic heterocycles. The van der Waals surface area contributed by atoms with Gasteiger partial charge in [-0.05, 0) is 26.7 Å². The first-order valence-corrected chi connectivity index (χ1v) is 5.95. The maximum atomic E-state index is 12.2. The first-order chi connectivity index (χ1) is 8.50. The van der Waals surface area contributed by atoms with Crippen LogP contribution in [-0.4, -0.2) is 39.6 Å². The smallest absolute Gasteiger partial charge is 0.306 e. The van der Waals surface area contributed by atoms with Gasteiger partial charge in [0, 0.05) is 18.2 Å². The zero-order chi connectivity index (χ0) is 13.3. The Morgan fingerprint density at radius 2 is 2.28 bits per heavy atom. The number of hydrogen-bond donors (Lipinski definition) is 1. The zero-order valence-corrected chi connectivity index (χ0v) is 10.4. The lowest BCUT2D eigenvalue weighted by molar-refractivity contribution is -0.143. The molecule has 6 heteroatoms. The SMILES string of the molecule is Cc1cnoc1C(=O)N1CCC(C(=O)O)CC1C. The number of piperidine rings is 1. The highest BCUT2D eigenvalue weighted by Crippen LogP contribution is 2.25. The maximum Gasteiger partial charge on any atom is 0.306 e. The lowest BCUT2D eigenvalue weighted by atomic mass is 9.91. The van der Waals surface area contributed by atoms with Gasteiger partial charge in [-0.1, -0.05) is 5.16 Å². The van der Waals surface area contributed by atoms with Crippen molar-refractivity contribution in [2.24, 2.45) is 5.92 Å². The predicted molar refractivity (Wildman–Crippen MR) is 62.1 cm³/mol. The van der Waals surface area contributed by atoms with Gasteiger partial charge < -0.3 is 14.5 Å². The zero-order valence-electron chi connectivity index (χ0n) is 10.4. The molecule has 0 aliphatic carbocycles. The molecule has 98 valence electrons. The molecule has 0 radical (unpaired) electrons. The van der Waals surface area contributed by atoms with E-state index in [1.807, 2.05) is 6.92 Å². The Hall–Kier alpha value is -1.85. The number of carboxylic acids is 1. The summed E-state index contributed by atoms with van der Waals surface area (Å²) in [6.45, 7) is 4.06. The third kappa shape index (κ3) is 2.23. The molecule has 0 aromatic carbocycles. The summed E-state index contributed by atoms with van der Waals surface area (Å²) in [6, 6.07) is -0.100. The van der Waals surface area contributed by atoms with Crippen LogP contribution >= 0.6 is 0 Å². The third-order valence-corrected chi connectivity index (χ3v) is 3.43. The standard InChI is InChI=1S/C12H16N2O4/c1-7-6-13-18-10(7)11(15)14-4-3-9(12(16)17)5-8(14)2/h6,8-9H,3-5H2,1-2H3,(H,16,17). The van der Waals surface area contributed by atoms with Gasteiger partial charge in [0.05, 0.1) is 12.1 Å². The molecule has 1 aromatic rings. The van der Waals surface area contributed by atoms with E-state index in [0.29, 0.717) is 24.9 Å². The van der Waals surface area contributed by atoms with Crippen LogP contribution in [0.4, 0.5) is 0 Å². The molecule has 0 spiro atoms. The van der Waals surface area contributed by atoms with Crippen LogP contribution in [0.15, 0.2) is 10.7 Å². The summed E-state index contributed by atoms with van der Waals surface area (Å²) in [5, 5.41) is 12.6. The lowest BCUT2D eigenvalue weighted by Crippen LogP contribution is -2.46. The molecule has 2 rings (SSSR count). The fraction of sp³-hybridized carbons (Fsp3) is 0.583. The second kappa shape index (κ2) is 4.80. The van der Waals surface area contributed by atoms with Crippen molar-refractivity contribution in [2.45, 2.75) is 32.7 Å². The van der Waals surface area contributed by atoms with E-state index >= 15 is 0 Å². The number of aromatic nitrogens is 1. The van der Waals surface area contributed by atoms with Gasteiger partial charge in [-0.2, -0.15) is 0 Å². The van der Waals surface area contributed by atoms with Gasteiger partial charge in [0.25, 0.3) is 5.91 Å². The molecule has 1 N–H and O–H groups in total. The molecule has 0 bridgehead atoms. The highest BCUT2D eigenvalue weighted by molar-refractivity contribution is 5.93. The van der Waals surface area contributed by atoms with Crippen LogP contribution < -0.4 is 0 Å². The summed E-state index contributed by atoms with van der Waals surface area (Å²) in [5.41, 5.74) is 0.701. The summed E-state index contributed by atoms with van der Waals surface area (Å²) in [5.74, 6) is -1.11. The second-order valence-electron chi connectivity index (χ2n) is 4.75. The molecular formula is C12H16N2O4. The number of nitrogens with zero attached hydrogens (tertiary/aromatic N) is 2. The van der Waals surface area contributed by atoms with Crippen LogP contribution in [0.1, 0.15) is 35.9 Å². The van der Waals surface area contributed by atoms with Gasteiger partial charge in [0.2, 0.25) is 5.76 Å². The number of carboxylic acid groups (broad SMARTS) is 1. The van der Waals surface area contributed by atoms with Crippen molar-refractivity contribution >= 4 is 11.9 Å². The average Bonchev–Trinajstić information content (AvgIpc) is 2.74. The van der Waals surface area contributed by atoms with Crippen molar-refractivity contribution in [3.63, 3.8) is 0 Å². The molecule has 1 fully saturated rings. The highest BCUT2D eigenvalue weighted by atomic mass is 16.5. The minimum Gasteiger partial charge on any atom is -0.481 e. The van der Waals surface area contributed by atoms with Crippen molar-refractivity contribution in [1.29, 1.82) is 0 Å². The molecule has 2 unspecified atom stereocenters. The number of aliphatic carboxylic acids is 1. The van der Waals surface area contributed by atoms with Crippen LogP contribution in [0.3, 0.4) is 0 Å². The molecule has 2 heterocycles. The first kappa shape index (κ1) is 12.6. The van der Waals surface area contributed by atoms with Crippen LogP contribution in [-0.2, 0) is 4.79 Å². The van der Waals surface area contributed by atoms with Crippen molar-refractivity contribution in [2.75, 3.05) is 6.54 Å². The number of carbonyl (C=O) groups is 2. The third-order valence-electron chi connectivity index (χ3n) is 3.43. The molecule has 1 aliphatic rings. The summed E-state index contributed by atoms with van der Waals surface area (Å²) in [7, 11) is 0. The number of aryl methyl sites for hydroxylation is 1. The van der Waals surface area contributed by atoms with Gasteiger partial charge in [-0.25, -0.2) is 0 Å². The van der Waals surface area contributed by atoms with Crippen LogP contribution in [0, 0.1) is 12.8 Å². The Bertz CT molecular complexity index is 468. The summed E-state index contributed by atoms with van der Waals surface area (Å²) in [6.07, 6.45) is 2.47. The van der Waals surface area contributed by atoms with E-state index in [2.05, 4.69) is 5.16 Å². The summed E-state index contributed by atoms with van der Waals surface area (Å²) < 4.78 is 4.94. The molecule has 1 aromatic heterocycles. The van der Waals surface area contributed by atoms with Crippen LogP contribution in [0.5, 0.6) is 0 Å². The number of carbonyl (C=O) groups excluding carboxylic acids is 1. The molecule has 0 saturated carbocycles. The van der Waals surface area contributed by atoms with Gasteiger partial charge in [0.1, 0.15) is 0 Å². The Balaban J connectivity index is 2.10. The van der Waals surface area contributed by atoms with Crippen LogP contribution in [0.25, 0.3) is 0 Å². The number of rotatable bonds is 2. The quantitative estimate of drug-likeness (QED) is 0.857. The Morgan fingerprint density at radius 1 is 1.56 bits per heavy atom. The molecule has 1 saturated heterocycles. The number of amides is 1. The van der Waals surface area contributed by atoms with Crippen molar-refractivity contribution in [1.82, 2.24) is 10.1 Å². The summed E-state index contributed by atoms with van der Waals surface area (Å²) >= 11 is 0. The van der Waals surface area contributed by atoms with Gasteiger partial charge in [-0.3, -0.25) is 9.59 Å². The predicted octanol–water partition coefficient (Wildman–Crippen LogP) is 1.31. The van der Waals surface area contributed by atoms with E-state index in [0.717, 1.165) is 0 Å². The molecule has 18 heavy (non-hydrogen) atoms. The van der Waals surface area contributed by atoms with E-state index in [1.165, 1.54) is 6.20 Å². The van der Waals surface area contributed by atoms with Gasteiger partial charge in [0.15, 0.2) is 0 Å². The monoisotopic (exact) mass is 252 g/mol. The largest absolute Gasteiger partial charge is 0.481 e. The van der Waals surface area contributed by atoms with E-state index in [1.54, 1.807) is 11.8 Å². The minimum absolute atomic E-state index is 0.100. The van der Waals surface area contributed by atoms with Crippen LogP contribution in [0.2, 0.25) is 0 Å². The van der Waals surface area contributed by atoms with E-state index in [9.17, 15) is 9.59 Å². The Labute approximate surface area is 105 Å². The molecule has 6 nitrogen and oxygen atoms in total. The van der Waals surface area contributed by atoms with Crippen molar-refractivity contribution < 1.29 is 19.2 Å². The van der Waals surface area contributed by atoms with Crippen molar-refractivity contribution in [3.05, 3.63) is 17.5 Å². The fourth-order valence-corrected chi connectivity index (χ4v) is 2.33. The second-order valence-corrected chi connectivity index (χ2v) is 4.75. The molecule has 1 amide bonds. The number of likely N-dealkylation sites (tertiary alicyclic amines) is 1. The fourth-order valence-electron chi connectivity index (χ4n) is 2.33. The first-order valence-electron chi connectivity index (χ1n) is 5.95. The van der Waals surface area contributed by atoms with E-state index in [-0.39, 0.29) is 23.6 Å². The lowest BCUT2D eigenvalue weighted by Gasteiger charge is -2.35. The van der Waals surface area contributed by atoms with E-state index < -0.39 is 5.97 Å². The Kier molecular flexibility index (Phi) is 3.36. The highest BCUT2D eigenvalue weighted by Gasteiger charge is 2.34. The average molecular weight is 252 g/mol. The normalized spacial score (nSPS) is 24.0. The molecular weight excluding hydrogens is 236 g/mol. The maximum absolute atomic E-state index is 12.2. The van der Waals surface area contributed by atoms with Gasteiger partial charge in [-0.15, -0.1) is 0 Å². The van der Waals surface area contributed by atoms with E-state index in [4.69, 9.17) is 9.63 Å². The molecule has 2 atom stereocenters. The summed E-state index contributed by atoms with van der Waals surface area (Å²) in [4.78, 5) is 24.8. The Morgan fingerprint density at radius 3 is 2.78 bits per heavy atom. The van der Waals surface area contributed by atoms with Crippen molar-refractivity contribution in [3.8, 4) is 0 Å². The van der Waals surface area contributed by atoms with Gasteiger partial charge >= 0.3 is 5.97 Å².